The van der Waals surface area contributed by atoms with E-state index >= 15 is 0 Å². The van der Waals surface area contributed by atoms with Gasteiger partial charge in [-0.3, -0.25) is 101 Å². The number of ether oxygens (including phenoxy) is 28. The standard InChI is InChI=1S/C93H151N9O48/c1-59(104)98-81-87(142-58-103)84(143-65(7)110)70(52-139-62(4)107)148-90(81)136-49-46-130-43-40-127-37-34-124-28-18-73(115)94-24-14-26-96-75(117)20-31-133-55-93(102-79(121)16-13-17-80(122)123-12,57-135-33-23-78(120)101-77(119)22-30-126-36-39-129-42-45-132-48-51-138-92-83(100-61(3)106)89(147-69(11)114)86(145-67(9)112)72(150-92)54-141-64(6)109)56-134-32-21-76(118)97-27-15-25-95-74(116)19-29-125-35-38-128-41-44-131-47-50-137-91-82(99-60(2)105)88(146-68(10)113)85(144-66(8)111)71(149-91)53-140-63(5)108/h58,70-72,81-92H,13-57H2,1-12H3,(H,94,115)(H,95,116)(H,96,117)(H,97,118)(H,98,104)(H,99,105)(H,100,106)(H,102,121)(H,101,119,120)/t70?,71?,72?,81?,82?,83?,84-,85-,86-,87?,88?,89?,90+,91+,92+,93?/m0/s1. The molecule has 0 saturated carbocycles. The summed E-state index contributed by atoms with van der Waals surface area (Å²) in [6.45, 7) is 11.7. The molecule has 3 saturated heterocycles. The number of hydrogen-bond donors (Lipinski definition) is 9. The minimum absolute atomic E-state index is 0.0149. The van der Waals surface area contributed by atoms with Crippen LogP contribution in [0.2, 0.25) is 0 Å². The molecule has 0 aromatic carbocycles. The number of rotatable bonds is 83. The second-order valence-corrected chi connectivity index (χ2v) is 33.4. The quantitative estimate of drug-likeness (QED) is 0.0119. The minimum atomic E-state index is -1.58. The van der Waals surface area contributed by atoms with Gasteiger partial charge in [-0.1, -0.05) is 0 Å². The highest BCUT2D eigenvalue weighted by molar-refractivity contribution is 5.95. The molecule has 0 bridgehead atoms. The van der Waals surface area contributed by atoms with Crippen molar-refractivity contribution in [2.75, 3.05) is 231 Å². The zero-order valence-electron chi connectivity index (χ0n) is 87.2. The van der Waals surface area contributed by atoms with Gasteiger partial charge >= 0.3 is 53.7 Å². The summed E-state index contributed by atoms with van der Waals surface area (Å²) in [5.41, 5.74) is -1.58. The van der Waals surface area contributed by atoms with Gasteiger partial charge in [-0.15, -0.1) is 0 Å². The molecular formula is C93H151N9O48. The minimum Gasteiger partial charge on any atom is -0.469 e. The van der Waals surface area contributed by atoms with E-state index in [9.17, 15) is 95.9 Å². The lowest BCUT2D eigenvalue weighted by Gasteiger charge is -2.44. The molecule has 856 valence electrons. The molecular weight excluding hydrogens is 2010 g/mol. The summed E-state index contributed by atoms with van der Waals surface area (Å²) in [4.78, 5) is 247. The number of carbonyl (C=O) groups excluding carboxylic acids is 20. The van der Waals surface area contributed by atoms with Gasteiger partial charge in [0.1, 0.15) is 61.8 Å². The molecule has 3 rings (SSSR count). The average molecular weight is 2160 g/mol. The molecule has 16 atom stereocenters. The Labute approximate surface area is 868 Å². The zero-order chi connectivity index (χ0) is 111. The lowest BCUT2D eigenvalue weighted by Crippen LogP contribution is -2.66. The van der Waals surface area contributed by atoms with Crippen molar-refractivity contribution >= 4 is 119 Å². The third-order valence-electron chi connectivity index (χ3n) is 20.6. The van der Waals surface area contributed by atoms with E-state index in [-0.39, 0.29) is 274 Å². The SMILES string of the molecule is COC(=O)CCCC(=O)NC(COCCC(=O)NCCCNC(=O)CCOCCOCCOCCO[C@@H]1OC(COC(C)=O)[C@H](OC(C)=O)C(OC=O)C1NC(C)=O)(COCCC(=O)NCCCNC(=O)CCOCCOCCOCCO[C@@H]1OC(COC(C)=O)[C@H](OC(C)=O)C(OC(C)=O)C1NC(C)=O)COCCC(=O)NC(=O)CCOCCOCCOCCO[C@@H]1OC(COC(C)=O)[C@H](OC(C)=O)C(OC(C)=O)C1NC(C)=O. The highest BCUT2D eigenvalue weighted by Gasteiger charge is 2.55. The highest BCUT2D eigenvalue weighted by Crippen LogP contribution is 2.32. The van der Waals surface area contributed by atoms with Crippen molar-refractivity contribution in [2.45, 2.75) is 244 Å². The van der Waals surface area contributed by atoms with Gasteiger partial charge in [0, 0.05) is 141 Å². The first-order valence-corrected chi connectivity index (χ1v) is 48.9. The van der Waals surface area contributed by atoms with E-state index in [4.69, 9.17) is 133 Å². The molecule has 9 N–H and O–H groups in total. The Balaban J connectivity index is 1.49. The van der Waals surface area contributed by atoms with Crippen molar-refractivity contribution in [1.82, 2.24) is 47.9 Å². The first-order chi connectivity index (χ1) is 71.7. The molecule has 0 aromatic rings. The number of hydrogen-bond acceptors (Lipinski definition) is 48. The van der Waals surface area contributed by atoms with Crippen LogP contribution in [0, 0.1) is 0 Å². The van der Waals surface area contributed by atoms with E-state index < -0.39 is 225 Å². The fourth-order valence-electron chi connectivity index (χ4n) is 14.1. The summed E-state index contributed by atoms with van der Waals surface area (Å²) < 4.78 is 156. The molecule has 10 unspecified atom stereocenters. The van der Waals surface area contributed by atoms with Crippen LogP contribution >= 0.6 is 0 Å². The Morgan fingerprint density at radius 3 is 0.793 bits per heavy atom. The first kappa shape index (κ1) is 133. The second-order valence-electron chi connectivity index (χ2n) is 33.4. The van der Waals surface area contributed by atoms with Crippen molar-refractivity contribution in [3.8, 4) is 0 Å². The zero-order valence-corrected chi connectivity index (χ0v) is 87.2. The predicted octanol–water partition coefficient (Wildman–Crippen LogP) is -4.76. The molecule has 57 nitrogen and oxygen atoms in total. The van der Waals surface area contributed by atoms with Crippen LogP contribution in [0.1, 0.15) is 147 Å². The van der Waals surface area contributed by atoms with Gasteiger partial charge in [0.15, 0.2) is 55.5 Å². The van der Waals surface area contributed by atoms with Crippen LogP contribution in [-0.4, -0.2) is 448 Å². The lowest BCUT2D eigenvalue weighted by molar-refractivity contribution is -0.279. The average Bonchev–Trinajstić information content (AvgIpc) is 0.793. The van der Waals surface area contributed by atoms with Gasteiger partial charge < -0.3 is 175 Å². The number of esters is 9. The molecule has 0 spiro atoms. The summed E-state index contributed by atoms with van der Waals surface area (Å²) in [5.74, 6) is -11.5. The number of carbonyl (C=O) groups is 20. The molecule has 0 aromatic heterocycles. The third kappa shape index (κ3) is 62.6. The Morgan fingerprint density at radius 2 is 0.527 bits per heavy atom. The van der Waals surface area contributed by atoms with Crippen molar-refractivity contribution in [1.29, 1.82) is 0 Å². The summed E-state index contributed by atoms with van der Waals surface area (Å²) in [6.07, 6.45) is -15.5. The van der Waals surface area contributed by atoms with Gasteiger partial charge in [0.05, 0.1) is 198 Å². The molecule has 3 aliphatic heterocycles. The number of imide groups is 1. The van der Waals surface area contributed by atoms with Crippen LogP contribution in [0.3, 0.4) is 0 Å². The Bertz CT molecular complexity index is 4070. The van der Waals surface area contributed by atoms with Crippen molar-refractivity contribution < 1.29 is 229 Å². The topological polar surface area (TPSA) is 708 Å². The van der Waals surface area contributed by atoms with Crippen LogP contribution in [0.5, 0.6) is 0 Å². The summed E-state index contributed by atoms with van der Waals surface area (Å²) in [5, 5.41) is 23.9. The fraction of sp³-hybridized carbons (Fsp3) is 0.785. The number of nitrogens with one attached hydrogen (secondary N) is 9. The van der Waals surface area contributed by atoms with E-state index in [0.717, 1.165) is 55.4 Å². The van der Waals surface area contributed by atoms with Gasteiger partial charge in [-0.05, 0) is 19.3 Å². The Kier molecular flexibility index (Phi) is 70.8. The molecule has 150 heavy (non-hydrogen) atoms. The van der Waals surface area contributed by atoms with Crippen LogP contribution in [0.15, 0.2) is 0 Å². The predicted molar refractivity (Wildman–Crippen MR) is 504 cm³/mol. The van der Waals surface area contributed by atoms with E-state index in [1.54, 1.807) is 0 Å². The van der Waals surface area contributed by atoms with E-state index in [0.29, 0.717) is 12.8 Å². The third-order valence-corrected chi connectivity index (χ3v) is 20.6. The number of amides is 10. The Hall–Kier alpha value is -11.1. The maximum Gasteiger partial charge on any atom is 0.305 e. The molecule has 3 heterocycles. The van der Waals surface area contributed by atoms with Gasteiger partial charge in [0.2, 0.25) is 59.1 Å². The van der Waals surface area contributed by atoms with Gasteiger partial charge in [-0.25, -0.2) is 0 Å². The highest BCUT2D eigenvalue weighted by atomic mass is 16.7. The Morgan fingerprint density at radius 1 is 0.273 bits per heavy atom. The molecule has 0 radical (unpaired) electrons. The van der Waals surface area contributed by atoms with Crippen LogP contribution in [-0.2, 0) is 229 Å². The van der Waals surface area contributed by atoms with Crippen LogP contribution in [0.4, 0.5) is 0 Å². The first-order valence-electron chi connectivity index (χ1n) is 48.9. The smallest absolute Gasteiger partial charge is 0.305 e. The summed E-state index contributed by atoms with van der Waals surface area (Å²) in [6, 6.07) is -3.47. The maximum atomic E-state index is 13.7. The van der Waals surface area contributed by atoms with Crippen molar-refractivity contribution in [2.24, 2.45) is 0 Å². The van der Waals surface area contributed by atoms with Crippen molar-refractivity contribution in [3.63, 3.8) is 0 Å². The summed E-state index contributed by atoms with van der Waals surface area (Å²) in [7, 11) is 1.19. The van der Waals surface area contributed by atoms with Crippen LogP contribution in [0.25, 0.3) is 0 Å². The van der Waals surface area contributed by atoms with Crippen molar-refractivity contribution in [3.05, 3.63) is 0 Å². The second kappa shape index (κ2) is 79.8. The molecule has 10 amide bonds. The normalized spacial score (nSPS) is 20.6. The van der Waals surface area contributed by atoms with E-state index in [1.165, 1.54) is 27.9 Å². The maximum absolute atomic E-state index is 13.7. The fourth-order valence-corrected chi connectivity index (χ4v) is 14.1. The summed E-state index contributed by atoms with van der Waals surface area (Å²) >= 11 is 0. The van der Waals surface area contributed by atoms with E-state index in [1.807, 2.05) is 0 Å². The van der Waals surface area contributed by atoms with Crippen LogP contribution < -0.4 is 47.9 Å². The van der Waals surface area contributed by atoms with E-state index in [2.05, 4.69) is 47.9 Å². The molecule has 0 aliphatic carbocycles. The van der Waals surface area contributed by atoms with Gasteiger partial charge in [-0.2, -0.15) is 0 Å². The molecule has 3 fully saturated rings. The lowest BCUT2D eigenvalue weighted by atomic mass is 9.96. The monoisotopic (exact) mass is 2160 g/mol. The largest absolute Gasteiger partial charge is 0.469 e. The molecule has 3 aliphatic rings. The molecule has 57 heteroatoms. The van der Waals surface area contributed by atoms with Gasteiger partial charge in [0.25, 0.3) is 6.47 Å². The number of methoxy groups -OCH3 is 1.